The highest BCUT2D eigenvalue weighted by molar-refractivity contribution is 6.42. The molecular formula is C16H10Cl2N2O. The first-order valence-electron chi connectivity index (χ1n) is 6.26. The van der Waals surface area contributed by atoms with Gasteiger partial charge in [0.2, 0.25) is 0 Å². The van der Waals surface area contributed by atoms with E-state index in [1.54, 1.807) is 18.2 Å². The molecule has 0 saturated carbocycles. The van der Waals surface area contributed by atoms with Crippen molar-refractivity contribution in [1.82, 2.24) is 9.97 Å². The molecule has 2 aromatic carbocycles. The van der Waals surface area contributed by atoms with Crippen LogP contribution in [0.2, 0.25) is 10.0 Å². The summed E-state index contributed by atoms with van der Waals surface area (Å²) in [6.45, 7) is 0. The van der Waals surface area contributed by atoms with Crippen molar-refractivity contribution >= 4 is 23.2 Å². The van der Waals surface area contributed by atoms with Gasteiger partial charge in [-0.1, -0.05) is 59.6 Å². The summed E-state index contributed by atoms with van der Waals surface area (Å²) in [5.74, 6) is 0. The van der Waals surface area contributed by atoms with E-state index in [0.717, 1.165) is 11.1 Å². The maximum Gasteiger partial charge on any atom is 0.345 e. The number of aromatic nitrogens is 2. The predicted octanol–water partition coefficient (Wildman–Crippen LogP) is 4.41. The van der Waals surface area contributed by atoms with Crippen LogP contribution < -0.4 is 5.69 Å². The highest BCUT2D eigenvalue weighted by Gasteiger charge is 2.07. The fraction of sp³-hybridized carbons (Fsp3) is 0. The number of benzene rings is 2. The largest absolute Gasteiger partial charge is 0.345 e. The zero-order chi connectivity index (χ0) is 14.8. The van der Waals surface area contributed by atoms with Gasteiger partial charge in [-0.3, -0.25) is 0 Å². The minimum atomic E-state index is -0.405. The number of rotatable bonds is 2. The van der Waals surface area contributed by atoms with Crippen molar-refractivity contribution in [2.24, 2.45) is 0 Å². The van der Waals surface area contributed by atoms with Crippen molar-refractivity contribution in [2.45, 2.75) is 0 Å². The lowest BCUT2D eigenvalue weighted by molar-refractivity contribution is 1.09. The van der Waals surface area contributed by atoms with Crippen molar-refractivity contribution in [3.63, 3.8) is 0 Å². The Morgan fingerprint density at radius 2 is 1.62 bits per heavy atom. The normalized spacial score (nSPS) is 10.6. The number of halogens is 2. The Hall–Kier alpha value is -2.10. The molecule has 1 N–H and O–H groups in total. The topological polar surface area (TPSA) is 45.8 Å². The highest BCUT2D eigenvalue weighted by atomic mass is 35.5. The summed E-state index contributed by atoms with van der Waals surface area (Å²) < 4.78 is 0. The van der Waals surface area contributed by atoms with Gasteiger partial charge in [0.05, 0.1) is 21.4 Å². The lowest BCUT2D eigenvalue weighted by Gasteiger charge is -2.06. The lowest BCUT2D eigenvalue weighted by atomic mass is 10.1. The monoisotopic (exact) mass is 316 g/mol. The van der Waals surface area contributed by atoms with Crippen LogP contribution in [0.5, 0.6) is 0 Å². The van der Waals surface area contributed by atoms with Gasteiger partial charge in [0.15, 0.2) is 0 Å². The van der Waals surface area contributed by atoms with Gasteiger partial charge in [-0.05, 0) is 23.8 Å². The molecule has 0 aliphatic carbocycles. The number of H-pyrrole nitrogens is 1. The molecule has 0 aliphatic heterocycles. The Kier molecular flexibility index (Phi) is 3.78. The molecule has 0 atom stereocenters. The maximum absolute atomic E-state index is 11.8. The third kappa shape index (κ3) is 2.99. The van der Waals surface area contributed by atoms with Gasteiger partial charge in [0.25, 0.3) is 0 Å². The molecule has 0 aliphatic rings. The fourth-order valence-corrected chi connectivity index (χ4v) is 2.33. The minimum absolute atomic E-state index is 0.405. The maximum atomic E-state index is 11.8. The summed E-state index contributed by atoms with van der Waals surface area (Å²) in [6.07, 6.45) is 0. The molecular weight excluding hydrogens is 307 g/mol. The first kappa shape index (κ1) is 13.9. The molecule has 0 saturated heterocycles. The van der Waals surface area contributed by atoms with Crippen molar-refractivity contribution in [2.75, 3.05) is 0 Å². The summed E-state index contributed by atoms with van der Waals surface area (Å²) in [6, 6.07) is 16.6. The summed E-state index contributed by atoms with van der Waals surface area (Å²) in [5.41, 5.74) is 2.51. The summed E-state index contributed by atoms with van der Waals surface area (Å²) >= 11 is 11.9. The second-order valence-corrected chi connectivity index (χ2v) is 5.29. The Labute approximate surface area is 131 Å². The second-order valence-electron chi connectivity index (χ2n) is 4.48. The van der Waals surface area contributed by atoms with Gasteiger partial charge >= 0.3 is 5.69 Å². The van der Waals surface area contributed by atoms with Crippen molar-refractivity contribution in [3.05, 3.63) is 75.1 Å². The first-order chi connectivity index (χ1) is 10.1. The standard InChI is InChI=1S/C16H10Cl2N2O/c17-12-7-6-11(8-13(12)18)15-9-14(19-16(21)20-15)10-4-2-1-3-5-10/h1-9H,(H,19,20,21). The highest BCUT2D eigenvalue weighted by Crippen LogP contribution is 2.28. The molecule has 0 amide bonds. The van der Waals surface area contributed by atoms with Crippen LogP contribution in [-0.4, -0.2) is 9.97 Å². The van der Waals surface area contributed by atoms with Crippen LogP contribution in [0.1, 0.15) is 0 Å². The van der Waals surface area contributed by atoms with Crippen LogP contribution in [0.3, 0.4) is 0 Å². The number of nitrogens with zero attached hydrogens (tertiary/aromatic N) is 1. The summed E-state index contributed by atoms with van der Waals surface area (Å²) in [7, 11) is 0. The molecule has 0 radical (unpaired) electrons. The third-order valence-corrected chi connectivity index (χ3v) is 3.78. The van der Waals surface area contributed by atoms with Crippen LogP contribution in [0.25, 0.3) is 22.5 Å². The zero-order valence-corrected chi connectivity index (χ0v) is 12.3. The number of aromatic amines is 1. The fourth-order valence-electron chi connectivity index (χ4n) is 2.03. The average molecular weight is 317 g/mol. The SMILES string of the molecule is O=c1nc(-c2ccc(Cl)c(Cl)c2)cc(-c2ccccc2)[nH]1. The van der Waals surface area contributed by atoms with Gasteiger partial charge in [-0.2, -0.15) is 4.98 Å². The van der Waals surface area contributed by atoms with Gasteiger partial charge in [0, 0.05) is 5.56 Å². The van der Waals surface area contributed by atoms with Crippen LogP contribution in [0, 0.1) is 0 Å². The Balaban J connectivity index is 2.14. The van der Waals surface area contributed by atoms with E-state index >= 15 is 0 Å². The quantitative estimate of drug-likeness (QED) is 0.761. The summed E-state index contributed by atoms with van der Waals surface area (Å²) in [4.78, 5) is 18.5. The zero-order valence-electron chi connectivity index (χ0n) is 10.8. The van der Waals surface area contributed by atoms with Gasteiger partial charge in [-0.25, -0.2) is 4.79 Å². The Bertz CT molecular complexity index is 844. The molecule has 1 heterocycles. The molecule has 21 heavy (non-hydrogen) atoms. The van der Waals surface area contributed by atoms with E-state index in [-0.39, 0.29) is 0 Å². The molecule has 3 aromatic rings. The first-order valence-corrected chi connectivity index (χ1v) is 7.01. The molecule has 104 valence electrons. The van der Waals surface area contributed by atoms with E-state index in [0.29, 0.717) is 21.4 Å². The lowest BCUT2D eigenvalue weighted by Crippen LogP contribution is -2.11. The number of hydrogen-bond acceptors (Lipinski definition) is 2. The van der Waals surface area contributed by atoms with Crippen molar-refractivity contribution in [3.8, 4) is 22.5 Å². The molecule has 0 spiro atoms. The van der Waals surface area contributed by atoms with Crippen LogP contribution in [-0.2, 0) is 0 Å². The number of nitrogens with one attached hydrogen (secondary N) is 1. The average Bonchev–Trinajstić information content (AvgIpc) is 2.50. The van der Waals surface area contributed by atoms with Gasteiger partial charge < -0.3 is 4.98 Å². The van der Waals surface area contributed by atoms with Crippen LogP contribution in [0.4, 0.5) is 0 Å². The van der Waals surface area contributed by atoms with E-state index in [2.05, 4.69) is 9.97 Å². The number of hydrogen-bond donors (Lipinski definition) is 1. The molecule has 5 heteroatoms. The molecule has 0 unspecified atom stereocenters. The Morgan fingerprint density at radius 3 is 2.33 bits per heavy atom. The predicted molar refractivity (Wildman–Crippen MR) is 85.7 cm³/mol. The van der Waals surface area contributed by atoms with Gasteiger partial charge in [0.1, 0.15) is 0 Å². The summed E-state index contributed by atoms with van der Waals surface area (Å²) in [5, 5.41) is 0.894. The third-order valence-electron chi connectivity index (χ3n) is 3.04. The second kappa shape index (κ2) is 5.72. The Morgan fingerprint density at radius 1 is 0.857 bits per heavy atom. The molecule has 1 aromatic heterocycles. The minimum Gasteiger partial charge on any atom is -0.305 e. The van der Waals surface area contributed by atoms with E-state index < -0.39 is 5.69 Å². The van der Waals surface area contributed by atoms with Crippen LogP contribution >= 0.6 is 23.2 Å². The molecule has 3 nitrogen and oxygen atoms in total. The molecule has 3 rings (SSSR count). The van der Waals surface area contributed by atoms with E-state index in [1.807, 2.05) is 36.4 Å². The van der Waals surface area contributed by atoms with E-state index in [4.69, 9.17) is 23.2 Å². The van der Waals surface area contributed by atoms with E-state index in [9.17, 15) is 4.79 Å². The van der Waals surface area contributed by atoms with Crippen molar-refractivity contribution in [1.29, 1.82) is 0 Å². The van der Waals surface area contributed by atoms with Gasteiger partial charge in [-0.15, -0.1) is 0 Å². The van der Waals surface area contributed by atoms with E-state index in [1.165, 1.54) is 0 Å². The molecule has 0 bridgehead atoms. The van der Waals surface area contributed by atoms with Crippen molar-refractivity contribution < 1.29 is 0 Å². The molecule has 0 fully saturated rings. The smallest absolute Gasteiger partial charge is 0.305 e. The van der Waals surface area contributed by atoms with Crippen LogP contribution in [0.15, 0.2) is 59.4 Å².